The highest BCUT2D eigenvalue weighted by Gasteiger charge is 2.05. The lowest BCUT2D eigenvalue weighted by molar-refractivity contribution is 0.628. The van der Waals surface area contributed by atoms with Gasteiger partial charge in [-0.15, -0.1) is 0 Å². The van der Waals surface area contributed by atoms with Gasteiger partial charge in [-0.3, -0.25) is 0 Å². The second-order valence-corrected chi connectivity index (χ2v) is 3.81. The first-order valence-corrected chi connectivity index (χ1v) is 5.15. The zero-order valence-corrected chi connectivity index (χ0v) is 9.34. The van der Waals surface area contributed by atoms with Crippen molar-refractivity contribution in [3.8, 4) is 0 Å². The summed E-state index contributed by atoms with van der Waals surface area (Å²) in [5.41, 5.74) is 2.55. The molecular formula is C12H14FN3. The van der Waals surface area contributed by atoms with Gasteiger partial charge in [-0.05, 0) is 37.1 Å². The fraction of sp³-hybridized carbons (Fsp3) is 0.250. The summed E-state index contributed by atoms with van der Waals surface area (Å²) < 4.78 is 13.6. The Morgan fingerprint density at radius 2 is 2.06 bits per heavy atom. The molecule has 0 aliphatic carbocycles. The molecule has 0 atom stereocenters. The normalized spacial score (nSPS) is 10.4. The fourth-order valence-corrected chi connectivity index (χ4v) is 1.49. The molecule has 0 radical (unpaired) electrons. The van der Waals surface area contributed by atoms with Crippen LogP contribution < -0.4 is 5.32 Å². The summed E-state index contributed by atoms with van der Waals surface area (Å²) in [5.74, 6) is 0.562. The molecule has 2 N–H and O–H groups in total. The van der Waals surface area contributed by atoms with Gasteiger partial charge in [0.1, 0.15) is 11.6 Å². The number of nitrogens with zero attached hydrogens (tertiary/aromatic N) is 1. The van der Waals surface area contributed by atoms with Crippen molar-refractivity contribution in [2.24, 2.45) is 0 Å². The van der Waals surface area contributed by atoms with E-state index in [1.54, 1.807) is 18.5 Å². The van der Waals surface area contributed by atoms with E-state index in [1.165, 1.54) is 0 Å². The molecule has 2 rings (SSSR count). The summed E-state index contributed by atoms with van der Waals surface area (Å²) in [5, 5.41) is 3.01. The quantitative estimate of drug-likeness (QED) is 0.833. The molecule has 1 aromatic carbocycles. The van der Waals surface area contributed by atoms with E-state index in [-0.39, 0.29) is 5.82 Å². The molecule has 1 aromatic heterocycles. The lowest BCUT2D eigenvalue weighted by Gasteiger charge is -2.09. The van der Waals surface area contributed by atoms with Gasteiger partial charge in [-0.2, -0.15) is 0 Å². The Hall–Kier alpha value is -1.84. The largest absolute Gasteiger partial charge is 0.375 e. The summed E-state index contributed by atoms with van der Waals surface area (Å²) in [7, 11) is 0. The third kappa shape index (κ3) is 2.21. The molecule has 2 aromatic rings. The number of halogens is 1. The van der Waals surface area contributed by atoms with Crippen molar-refractivity contribution in [2.75, 3.05) is 5.32 Å². The van der Waals surface area contributed by atoms with Crippen molar-refractivity contribution in [3.05, 3.63) is 47.3 Å². The average Bonchev–Trinajstić information content (AvgIpc) is 2.74. The molecular weight excluding hydrogens is 205 g/mol. The summed E-state index contributed by atoms with van der Waals surface area (Å²) in [4.78, 5) is 7.02. The van der Waals surface area contributed by atoms with Crippen molar-refractivity contribution in [3.63, 3.8) is 0 Å². The maximum atomic E-state index is 13.6. The number of aryl methyl sites for hydroxylation is 2. The van der Waals surface area contributed by atoms with Crippen LogP contribution in [0.25, 0.3) is 0 Å². The van der Waals surface area contributed by atoms with Gasteiger partial charge < -0.3 is 10.3 Å². The summed E-state index contributed by atoms with van der Waals surface area (Å²) in [6.45, 7) is 4.36. The maximum Gasteiger partial charge on any atom is 0.146 e. The molecule has 0 amide bonds. The van der Waals surface area contributed by atoms with Gasteiger partial charge in [0.05, 0.1) is 12.2 Å². The Labute approximate surface area is 93.7 Å². The Morgan fingerprint density at radius 1 is 1.31 bits per heavy atom. The molecule has 0 bridgehead atoms. The number of hydrogen-bond donors (Lipinski definition) is 2. The minimum Gasteiger partial charge on any atom is -0.375 e. The Bertz CT molecular complexity index is 477. The molecule has 0 spiro atoms. The van der Waals surface area contributed by atoms with Crippen LogP contribution in [0.5, 0.6) is 0 Å². The van der Waals surface area contributed by atoms with E-state index in [4.69, 9.17) is 0 Å². The first-order valence-electron chi connectivity index (χ1n) is 5.15. The standard InChI is InChI=1S/C12H14FN3/c1-8-5-10(13)11(6-9(8)2)16-7-12-14-3-4-15-12/h3-6,16H,7H2,1-2H3,(H,14,15). The summed E-state index contributed by atoms with van der Waals surface area (Å²) >= 11 is 0. The predicted molar refractivity (Wildman–Crippen MR) is 61.8 cm³/mol. The van der Waals surface area contributed by atoms with E-state index in [9.17, 15) is 4.39 Å². The number of hydrogen-bond acceptors (Lipinski definition) is 2. The summed E-state index contributed by atoms with van der Waals surface area (Å²) in [6, 6.07) is 3.35. The number of rotatable bonds is 3. The molecule has 1 heterocycles. The van der Waals surface area contributed by atoms with Crippen molar-refractivity contribution in [2.45, 2.75) is 20.4 Å². The highest BCUT2D eigenvalue weighted by molar-refractivity contribution is 5.49. The minimum atomic E-state index is -0.227. The minimum absolute atomic E-state index is 0.227. The smallest absolute Gasteiger partial charge is 0.146 e. The van der Waals surface area contributed by atoms with E-state index in [0.717, 1.165) is 17.0 Å². The Kier molecular flexibility index (Phi) is 2.90. The van der Waals surface area contributed by atoms with Crippen LogP contribution in [0.4, 0.5) is 10.1 Å². The van der Waals surface area contributed by atoms with Crippen molar-refractivity contribution < 1.29 is 4.39 Å². The van der Waals surface area contributed by atoms with Gasteiger partial charge in [-0.25, -0.2) is 9.37 Å². The van der Waals surface area contributed by atoms with Crippen LogP contribution in [-0.4, -0.2) is 9.97 Å². The third-order valence-corrected chi connectivity index (χ3v) is 2.58. The van der Waals surface area contributed by atoms with Gasteiger partial charge in [0.15, 0.2) is 0 Å². The fourth-order valence-electron chi connectivity index (χ4n) is 1.49. The van der Waals surface area contributed by atoms with Crippen molar-refractivity contribution >= 4 is 5.69 Å². The number of anilines is 1. The number of aromatic amines is 1. The first kappa shape index (κ1) is 10.7. The summed E-state index contributed by atoms with van der Waals surface area (Å²) in [6.07, 6.45) is 3.42. The van der Waals surface area contributed by atoms with Crippen molar-refractivity contribution in [1.82, 2.24) is 9.97 Å². The topological polar surface area (TPSA) is 40.7 Å². The van der Waals surface area contributed by atoms with Crippen LogP contribution in [0.15, 0.2) is 24.5 Å². The van der Waals surface area contributed by atoms with Gasteiger partial charge in [0.25, 0.3) is 0 Å². The highest BCUT2D eigenvalue weighted by Crippen LogP contribution is 2.19. The molecule has 0 saturated heterocycles. The Balaban J connectivity index is 2.12. The van der Waals surface area contributed by atoms with E-state index in [1.807, 2.05) is 19.9 Å². The van der Waals surface area contributed by atoms with Crippen LogP contribution in [0.1, 0.15) is 17.0 Å². The van der Waals surface area contributed by atoms with Gasteiger partial charge in [0.2, 0.25) is 0 Å². The zero-order valence-electron chi connectivity index (χ0n) is 9.34. The van der Waals surface area contributed by atoms with E-state index in [0.29, 0.717) is 12.2 Å². The van der Waals surface area contributed by atoms with Crippen LogP contribution >= 0.6 is 0 Å². The SMILES string of the molecule is Cc1cc(F)c(NCc2ncc[nH]2)cc1C. The Morgan fingerprint density at radius 3 is 2.75 bits per heavy atom. The van der Waals surface area contributed by atoms with Gasteiger partial charge >= 0.3 is 0 Å². The molecule has 0 unspecified atom stereocenters. The average molecular weight is 219 g/mol. The van der Waals surface area contributed by atoms with Crippen LogP contribution in [0, 0.1) is 19.7 Å². The third-order valence-electron chi connectivity index (χ3n) is 2.58. The molecule has 84 valence electrons. The van der Waals surface area contributed by atoms with Gasteiger partial charge in [0, 0.05) is 12.4 Å². The number of benzene rings is 1. The molecule has 0 fully saturated rings. The molecule has 0 aliphatic heterocycles. The lowest BCUT2D eigenvalue weighted by Crippen LogP contribution is -2.03. The van der Waals surface area contributed by atoms with Crippen molar-refractivity contribution in [1.29, 1.82) is 0 Å². The number of imidazole rings is 1. The zero-order chi connectivity index (χ0) is 11.5. The molecule has 3 nitrogen and oxygen atoms in total. The van der Waals surface area contributed by atoms with Crippen LogP contribution in [-0.2, 0) is 6.54 Å². The maximum absolute atomic E-state index is 13.6. The number of H-pyrrole nitrogens is 1. The number of aromatic nitrogens is 2. The number of nitrogens with one attached hydrogen (secondary N) is 2. The monoisotopic (exact) mass is 219 g/mol. The lowest BCUT2D eigenvalue weighted by atomic mass is 10.1. The molecule has 0 aliphatic rings. The predicted octanol–water partition coefficient (Wildman–Crippen LogP) is 2.78. The molecule has 0 saturated carbocycles. The van der Waals surface area contributed by atoms with Crippen LogP contribution in [0.2, 0.25) is 0 Å². The van der Waals surface area contributed by atoms with Gasteiger partial charge in [-0.1, -0.05) is 0 Å². The van der Waals surface area contributed by atoms with Crippen LogP contribution in [0.3, 0.4) is 0 Å². The second-order valence-electron chi connectivity index (χ2n) is 3.81. The highest BCUT2D eigenvalue weighted by atomic mass is 19.1. The molecule has 4 heteroatoms. The second kappa shape index (κ2) is 4.35. The first-order chi connectivity index (χ1) is 7.66. The van der Waals surface area contributed by atoms with E-state index >= 15 is 0 Å². The van der Waals surface area contributed by atoms with E-state index in [2.05, 4.69) is 15.3 Å². The van der Waals surface area contributed by atoms with E-state index < -0.39 is 0 Å². The molecule has 16 heavy (non-hydrogen) atoms.